The van der Waals surface area contributed by atoms with Crippen molar-refractivity contribution in [2.75, 3.05) is 32.2 Å². The third kappa shape index (κ3) is 7.28. The normalized spacial score (nSPS) is 13.3. The van der Waals surface area contributed by atoms with Crippen LogP contribution in [0.25, 0.3) is 0 Å². The van der Waals surface area contributed by atoms with Gasteiger partial charge in [0.05, 0.1) is 19.8 Å². The molecule has 0 bridgehead atoms. The van der Waals surface area contributed by atoms with E-state index in [1.54, 1.807) is 19.1 Å². The highest BCUT2D eigenvalue weighted by Crippen LogP contribution is 2.16. The molecular weight excluding hydrogens is 284 g/mol. The van der Waals surface area contributed by atoms with Crippen LogP contribution in [0, 0.1) is 0 Å². The molecule has 0 aromatic heterocycles. The van der Waals surface area contributed by atoms with E-state index >= 15 is 0 Å². The quantitative estimate of drug-likeness (QED) is 0.612. The van der Waals surface area contributed by atoms with Gasteiger partial charge in [0.15, 0.2) is 0 Å². The highest BCUT2D eigenvalue weighted by molar-refractivity contribution is 5.89. The number of anilines is 1. The minimum absolute atomic E-state index is 0.102. The average Bonchev–Trinajstić information content (AvgIpc) is 2.47. The number of aliphatic hydroxyl groups is 1. The number of ether oxygens (including phenoxy) is 2. The van der Waals surface area contributed by atoms with Gasteiger partial charge in [-0.05, 0) is 37.6 Å². The van der Waals surface area contributed by atoms with Gasteiger partial charge in [-0.25, -0.2) is 4.79 Å². The zero-order valence-corrected chi connectivity index (χ0v) is 13.5. The monoisotopic (exact) mass is 310 g/mol. The Hall–Kier alpha value is -1.79. The lowest BCUT2D eigenvalue weighted by Gasteiger charge is -2.22. The lowest BCUT2D eigenvalue weighted by molar-refractivity contribution is -0.0133. The fourth-order valence-electron chi connectivity index (χ4n) is 1.78. The Bertz CT molecular complexity index is 446. The highest BCUT2D eigenvalue weighted by atomic mass is 16.5. The van der Waals surface area contributed by atoms with E-state index in [1.165, 1.54) is 7.11 Å². The highest BCUT2D eigenvalue weighted by Gasteiger charge is 2.20. The van der Waals surface area contributed by atoms with Crippen molar-refractivity contribution in [2.45, 2.75) is 32.3 Å². The standard InChI is InChI=1S/C16H26N2O4/c1-4-5-10-22-14-8-6-13(7-9-14)18-15(19)17-11-16(2,20)12-21-3/h6-9,20H,4-5,10-12H2,1-3H3,(H2,17,18,19). The van der Waals surface area contributed by atoms with Crippen LogP contribution in [0.2, 0.25) is 0 Å². The van der Waals surface area contributed by atoms with Gasteiger partial charge in [-0.3, -0.25) is 0 Å². The fraction of sp³-hybridized carbons (Fsp3) is 0.562. The number of rotatable bonds is 9. The maximum atomic E-state index is 11.8. The van der Waals surface area contributed by atoms with Crippen LogP contribution in [0.3, 0.4) is 0 Å². The van der Waals surface area contributed by atoms with Crippen molar-refractivity contribution in [3.05, 3.63) is 24.3 Å². The number of urea groups is 1. The molecule has 0 aliphatic heterocycles. The first kappa shape index (κ1) is 18.3. The number of amides is 2. The van der Waals surface area contributed by atoms with Crippen LogP contribution in [-0.4, -0.2) is 43.6 Å². The molecule has 0 saturated heterocycles. The van der Waals surface area contributed by atoms with Crippen molar-refractivity contribution in [1.29, 1.82) is 0 Å². The van der Waals surface area contributed by atoms with Crippen LogP contribution in [0.1, 0.15) is 26.7 Å². The summed E-state index contributed by atoms with van der Waals surface area (Å²) in [5.74, 6) is 0.780. The summed E-state index contributed by atoms with van der Waals surface area (Å²) < 4.78 is 10.4. The molecular formula is C16H26N2O4. The number of carbonyl (C=O) groups is 1. The Kier molecular flexibility index (Phi) is 7.70. The summed E-state index contributed by atoms with van der Waals surface area (Å²) in [6, 6.07) is 6.79. The molecule has 1 aromatic rings. The van der Waals surface area contributed by atoms with Crippen LogP contribution in [0.5, 0.6) is 5.75 Å². The van der Waals surface area contributed by atoms with Crippen molar-refractivity contribution in [1.82, 2.24) is 5.32 Å². The Balaban J connectivity index is 2.38. The third-order valence-corrected chi connectivity index (χ3v) is 2.96. The molecule has 22 heavy (non-hydrogen) atoms. The summed E-state index contributed by atoms with van der Waals surface area (Å²) in [5.41, 5.74) is -0.435. The van der Waals surface area contributed by atoms with E-state index < -0.39 is 5.60 Å². The number of methoxy groups -OCH3 is 1. The van der Waals surface area contributed by atoms with Gasteiger partial charge >= 0.3 is 6.03 Å². The maximum absolute atomic E-state index is 11.8. The second-order valence-corrected chi connectivity index (χ2v) is 5.46. The Morgan fingerprint density at radius 2 is 2.00 bits per heavy atom. The molecule has 6 heteroatoms. The molecule has 1 unspecified atom stereocenters. The number of nitrogens with one attached hydrogen (secondary N) is 2. The first-order valence-corrected chi connectivity index (χ1v) is 7.46. The molecule has 3 N–H and O–H groups in total. The molecule has 0 saturated carbocycles. The second-order valence-electron chi connectivity index (χ2n) is 5.46. The lowest BCUT2D eigenvalue weighted by Crippen LogP contribution is -2.45. The molecule has 0 fully saturated rings. The number of benzene rings is 1. The summed E-state index contributed by atoms with van der Waals surface area (Å²) in [4.78, 5) is 11.8. The van der Waals surface area contributed by atoms with Crippen molar-refractivity contribution < 1.29 is 19.4 Å². The van der Waals surface area contributed by atoms with Crippen molar-refractivity contribution in [2.24, 2.45) is 0 Å². The predicted octanol–water partition coefficient (Wildman–Crippen LogP) is 2.38. The number of hydrogen-bond donors (Lipinski definition) is 3. The van der Waals surface area contributed by atoms with Gasteiger partial charge in [0, 0.05) is 12.8 Å². The Morgan fingerprint density at radius 3 is 2.59 bits per heavy atom. The van der Waals surface area contributed by atoms with E-state index in [0.717, 1.165) is 18.6 Å². The van der Waals surface area contributed by atoms with Gasteiger partial charge in [0.25, 0.3) is 0 Å². The van der Waals surface area contributed by atoms with Crippen LogP contribution < -0.4 is 15.4 Å². The Labute approximate surface area is 131 Å². The fourth-order valence-corrected chi connectivity index (χ4v) is 1.78. The summed E-state index contributed by atoms with van der Waals surface area (Å²) >= 11 is 0. The number of hydrogen-bond acceptors (Lipinski definition) is 4. The molecule has 0 radical (unpaired) electrons. The minimum atomic E-state index is -1.09. The van der Waals surface area contributed by atoms with Crippen molar-refractivity contribution in [3.8, 4) is 5.75 Å². The van der Waals surface area contributed by atoms with Crippen LogP contribution >= 0.6 is 0 Å². The summed E-state index contributed by atoms with van der Waals surface area (Å²) in [7, 11) is 1.50. The zero-order valence-electron chi connectivity index (χ0n) is 13.5. The number of carbonyl (C=O) groups excluding carboxylic acids is 1. The molecule has 0 heterocycles. The van der Waals surface area contributed by atoms with Gasteiger partial charge in [-0.2, -0.15) is 0 Å². The average molecular weight is 310 g/mol. The molecule has 0 aliphatic rings. The molecule has 1 atom stereocenters. The first-order chi connectivity index (χ1) is 10.5. The summed E-state index contributed by atoms with van der Waals surface area (Å²) in [6.07, 6.45) is 2.11. The molecule has 2 amide bonds. The van der Waals surface area contributed by atoms with E-state index in [2.05, 4.69) is 17.6 Å². The minimum Gasteiger partial charge on any atom is -0.494 e. The summed E-state index contributed by atoms with van der Waals surface area (Å²) in [5, 5.41) is 15.2. The molecule has 1 aromatic carbocycles. The molecule has 1 rings (SSSR count). The number of unbranched alkanes of at least 4 members (excludes halogenated alkanes) is 1. The van der Waals surface area contributed by atoms with E-state index in [9.17, 15) is 9.90 Å². The van der Waals surface area contributed by atoms with Crippen LogP contribution in [0.15, 0.2) is 24.3 Å². The van der Waals surface area contributed by atoms with Crippen molar-refractivity contribution >= 4 is 11.7 Å². The predicted molar refractivity (Wildman–Crippen MR) is 86.4 cm³/mol. The van der Waals surface area contributed by atoms with Crippen LogP contribution in [0.4, 0.5) is 10.5 Å². The van der Waals surface area contributed by atoms with Crippen LogP contribution in [-0.2, 0) is 4.74 Å². The maximum Gasteiger partial charge on any atom is 0.319 e. The SMILES string of the molecule is CCCCOc1ccc(NC(=O)NCC(C)(O)COC)cc1. The van der Waals surface area contributed by atoms with E-state index in [0.29, 0.717) is 12.3 Å². The van der Waals surface area contributed by atoms with E-state index in [4.69, 9.17) is 9.47 Å². The smallest absolute Gasteiger partial charge is 0.319 e. The topological polar surface area (TPSA) is 79.8 Å². The van der Waals surface area contributed by atoms with Gasteiger partial charge in [0.1, 0.15) is 11.4 Å². The zero-order chi connectivity index (χ0) is 16.4. The molecule has 0 spiro atoms. The largest absolute Gasteiger partial charge is 0.494 e. The molecule has 6 nitrogen and oxygen atoms in total. The first-order valence-electron chi connectivity index (χ1n) is 7.46. The Morgan fingerprint density at radius 1 is 1.32 bits per heavy atom. The molecule has 0 aliphatic carbocycles. The summed E-state index contributed by atoms with van der Waals surface area (Å²) in [6.45, 7) is 4.65. The van der Waals surface area contributed by atoms with Gasteiger partial charge < -0.3 is 25.2 Å². The van der Waals surface area contributed by atoms with Gasteiger partial charge in [-0.1, -0.05) is 13.3 Å². The van der Waals surface area contributed by atoms with E-state index in [1.807, 2.05) is 12.1 Å². The third-order valence-electron chi connectivity index (χ3n) is 2.96. The molecule has 124 valence electrons. The lowest BCUT2D eigenvalue weighted by atomic mass is 10.1. The van der Waals surface area contributed by atoms with Gasteiger partial charge in [0.2, 0.25) is 0 Å². The van der Waals surface area contributed by atoms with E-state index in [-0.39, 0.29) is 19.2 Å². The van der Waals surface area contributed by atoms with Crippen molar-refractivity contribution in [3.63, 3.8) is 0 Å². The second kappa shape index (κ2) is 9.27. The van der Waals surface area contributed by atoms with Gasteiger partial charge in [-0.15, -0.1) is 0 Å².